The van der Waals surface area contributed by atoms with Crippen LogP contribution in [0.5, 0.6) is 0 Å². The van der Waals surface area contributed by atoms with Crippen LogP contribution in [-0.2, 0) is 23.8 Å². The zero-order valence-electron chi connectivity index (χ0n) is 52.7. The molecule has 0 aromatic carbocycles. The first-order valence-corrected chi connectivity index (χ1v) is 34.2. The van der Waals surface area contributed by atoms with Crippen molar-refractivity contribution in [2.45, 2.75) is 346 Å². The molecule has 0 aromatic heterocycles. The molecule has 0 radical (unpaired) electrons. The van der Waals surface area contributed by atoms with E-state index in [1.54, 1.807) is 6.08 Å². The van der Waals surface area contributed by atoms with Gasteiger partial charge >= 0.3 is 5.97 Å². The van der Waals surface area contributed by atoms with Gasteiger partial charge in [-0.15, -0.1) is 0 Å². The third-order valence-electron chi connectivity index (χ3n) is 15.8. The number of allylic oxidation sites excluding steroid dienone is 11. The minimum absolute atomic E-state index is 0.00634. The summed E-state index contributed by atoms with van der Waals surface area (Å²) < 4.78 is 16.7. The van der Waals surface area contributed by atoms with Crippen LogP contribution in [0.4, 0.5) is 0 Å². The number of hydrogen-bond acceptors (Lipinski definition) is 10. The third-order valence-corrected chi connectivity index (χ3v) is 15.8. The first-order chi connectivity index (χ1) is 40.2. The van der Waals surface area contributed by atoms with Gasteiger partial charge in [0.2, 0.25) is 5.91 Å². The summed E-state index contributed by atoms with van der Waals surface area (Å²) >= 11 is 0. The predicted molar refractivity (Wildman–Crippen MR) is 343 cm³/mol. The van der Waals surface area contributed by atoms with Crippen molar-refractivity contribution in [3.8, 4) is 0 Å². The number of rotatable bonds is 59. The minimum atomic E-state index is -1.58. The lowest BCUT2D eigenvalue weighted by Crippen LogP contribution is -2.60. The average Bonchev–Trinajstić information content (AvgIpc) is 3.53. The molecule has 1 heterocycles. The maximum absolute atomic E-state index is 13.0. The quantitative estimate of drug-likeness (QED) is 0.0195. The Labute approximate surface area is 502 Å². The number of unbranched alkanes of at least 4 members (excludes halogenated alkanes) is 36. The molecule has 11 heteroatoms. The molecule has 0 bridgehead atoms. The summed E-state index contributed by atoms with van der Waals surface area (Å²) in [7, 11) is 0. The molecule has 1 aliphatic heterocycles. The molecule has 1 rings (SSSR count). The van der Waals surface area contributed by atoms with Crippen molar-refractivity contribution in [1.29, 1.82) is 0 Å². The zero-order valence-corrected chi connectivity index (χ0v) is 52.7. The fraction of sp³-hybridized carbons (Fsp3) is 0.803. The van der Waals surface area contributed by atoms with E-state index in [1.165, 1.54) is 205 Å². The molecule has 0 aromatic rings. The fourth-order valence-corrected chi connectivity index (χ4v) is 10.4. The van der Waals surface area contributed by atoms with Gasteiger partial charge in [-0.25, -0.2) is 0 Å². The van der Waals surface area contributed by atoms with Crippen LogP contribution in [0.1, 0.15) is 303 Å². The summed E-state index contributed by atoms with van der Waals surface area (Å²) in [6, 6.07) is -0.833. The van der Waals surface area contributed by atoms with Crippen LogP contribution in [0.2, 0.25) is 0 Å². The van der Waals surface area contributed by atoms with Crippen LogP contribution in [0.25, 0.3) is 0 Å². The molecule has 82 heavy (non-hydrogen) atoms. The minimum Gasteiger partial charge on any atom is -0.466 e. The van der Waals surface area contributed by atoms with Gasteiger partial charge in [0.25, 0.3) is 0 Å². The first kappa shape index (κ1) is 77.1. The van der Waals surface area contributed by atoms with Crippen LogP contribution in [0, 0.1) is 0 Å². The molecular weight excluding hydrogens is 1030 g/mol. The van der Waals surface area contributed by atoms with Gasteiger partial charge in [0.05, 0.1) is 32.0 Å². The molecule has 0 saturated carbocycles. The van der Waals surface area contributed by atoms with Crippen LogP contribution in [0.15, 0.2) is 72.9 Å². The number of carbonyl (C=O) groups excluding carboxylic acids is 2. The Kier molecular flexibility index (Phi) is 56.2. The molecule has 1 amide bonds. The van der Waals surface area contributed by atoms with Crippen molar-refractivity contribution in [2.24, 2.45) is 0 Å². The SMILES string of the molecule is C/C=C/CC/C=C/CC/C=C/C(O)C(COC1OC(CO)C(O)C(O)C1O)NC(=O)CCCCCCCCCCCCCCCC/C=C\CCCCCCCCCCCCCCOC(=O)CCCCCCC/C=C\C/C=C\CCCCC. The van der Waals surface area contributed by atoms with E-state index in [2.05, 4.69) is 66.9 Å². The van der Waals surface area contributed by atoms with Crippen molar-refractivity contribution in [3.63, 3.8) is 0 Å². The smallest absolute Gasteiger partial charge is 0.305 e. The second-order valence-electron chi connectivity index (χ2n) is 23.5. The maximum atomic E-state index is 13.0. The highest BCUT2D eigenvalue weighted by Gasteiger charge is 2.44. The predicted octanol–water partition coefficient (Wildman–Crippen LogP) is 17.1. The normalized spacial score (nSPS) is 18.6. The molecule has 0 spiro atoms. The number of ether oxygens (including phenoxy) is 3. The molecule has 6 N–H and O–H groups in total. The Hall–Kier alpha value is -2.90. The zero-order chi connectivity index (χ0) is 59.5. The molecule has 7 unspecified atom stereocenters. The number of amides is 1. The highest BCUT2D eigenvalue weighted by atomic mass is 16.7. The Morgan fingerprint density at radius 2 is 0.878 bits per heavy atom. The molecule has 1 aliphatic rings. The molecule has 0 aliphatic carbocycles. The highest BCUT2D eigenvalue weighted by Crippen LogP contribution is 2.23. The van der Waals surface area contributed by atoms with E-state index in [-0.39, 0.29) is 18.5 Å². The van der Waals surface area contributed by atoms with Gasteiger partial charge in [-0.1, -0.05) is 253 Å². The van der Waals surface area contributed by atoms with E-state index < -0.39 is 49.5 Å². The maximum Gasteiger partial charge on any atom is 0.305 e. The molecule has 7 atom stereocenters. The molecule has 1 fully saturated rings. The van der Waals surface area contributed by atoms with E-state index in [1.807, 2.05) is 19.1 Å². The Morgan fingerprint density at radius 3 is 1.35 bits per heavy atom. The van der Waals surface area contributed by atoms with Crippen LogP contribution in [-0.4, -0.2) is 100 Å². The standard InChI is InChI=1S/C71H127NO10/c1-3-5-7-9-11-13-14-15-32-36-39-43-47-51-55-59-67(76)80-60-56-52-48-44-40-37-34-31-29-27-25-23-21-19-17-16-18-20-22-24-26-28-30-33-35-38-42-46-50-54-58-66(75)72-63(64(74)57-53-49-45-41-12-10-8-6-4-2)62-81-71-70(79)69(78)68(77)65(61-73)82-71/h4,6,11-13,15,17,19,32,41,53,57,63-65,68-71,73-74,77-79H,3,5,7-10,14,16,18,20-31,33-40,42-52,54-56,58-62H2,1-2H3,(H,72,75)/b6-4+,13-11-,19-17-,32-15-,41-12+,57-53+. The van der Waals surface area contributed by atoms with Crippen LogP contribution >= 0.6 is 0 Å². The van der Waals surface area contributed by atoms with Gasteiger partial charge in [-0.3, -0.25) is 9.59 Å². The Bertz CT molecular complexity index is 1590. The van der Waals surface area contributed by atoms with E-state index >= 15 is 0 Å². The van der Waals surface area contributed by atoms with Crippen LogP contribution in [0.3, 0.4) is 0 Å². The third kappa shape index (κ3) is 48.3. The molecule has 476 valence electrons. The summed E-state index contributed by atoms with van der Waals surface area (Å²) in [6.45, 7) is 4.07. The lowest BCUT2D eigenvalue weighted by molar-refractivity contribution is -0.302. The van der Waals surface area contributed by atoms with E-state index in [9.17, 15) is 35.1 Å². The average molecular weight is 1150 g/mol. The lowest BCUT2D eigenvalue weighted by Gasteiger charge is -2.40. The van der Waals surface area contributed by atoms with Gasteiger partial charge < -0.3 is 45.1 Å². The largest absolute Gasteiger partial charge is 0.466 e. The van der Waals surface area contributed by atoms with Crippen molar-refractivity contribution in [3.05, 3.63) is 72.9 Å². The van der Waals surface area contributed by atoms with Gasteiger partial charge in [-0.05, 0) is 110 Å². The number of carbonyl (C=O) groups is 2. The summed E-state index contributed by atoms with van der Waals surface area (Å²) in [5.74, 6) is -0.205. The summed E-state index contributed by atoms with van der Waals surface area (Å²) in [5, 5.41) is 54.2. The summed E-state index contributed by atoms with van der Waals surface area (Å²) in [6.07, 6.45) is 70.7. The number of hydrogen-bond donors (Lipinski definition) is 6. The Morgan fingerprint density at radius 1 is 0.476 bits per heavy atom. The number of aliphatic hydroxyl groups is 5. The topological polar surface area (TPSA) is 175 Å². The monoisotopic (exact) mass is 1150 g/mol. The van der Waals surface area contributed by atoms with Crippen molar-refractivity contribution >= 4 is 11.9 Å². The van der Waals surface area contributed by atoms with Crippen LogP contribution < -0.4 is 5.32 Å². The first-order valence-electron chi connectivity index (χ1n) is 34.2. The van der Waals surface area contributed by atoms with Crippen molar-refractivity contribution in [1.82, 2.24) is 5.32 Å². The van der Waals surface area contributed by atoms with Gasteiger partial charge in [0.1, 0.15) is 24.4 Å². The number of esters is 1. The molecule has 11 nitrogen and oxygen atoms in total. The van der Waals surface area contributed by atoms with E-state index in [0.717, 1.165) is 70.6 Å². The highest BCUT2D eigenvalue weighted by molar-refractivity contribution is 5.76. The summed E-state index contributed by atoms with van der Waals surface area (Å²) in [4.78, 5) is 25.1. The van der Waals surface area contributed by atoms with Gasteiger partial charge in [-0.2, -0.15) is 0 Å². The second kappa shape index (κ2) is 59.8. The van der Waals surface area contributed by atoms with Crippen molar-refractivity contribution < 1.29 is 49.3 Å². The molecule has 1 saturated heterocycles. The fourth-order valence-electron chi connectivity index (χ4n) is 10.4. The second-order valence-corrected chi connectivity index (χ2v) is 23.5. The van der Waals surface area contributed by atoms with Gasteiger partial charge in [0.15, 0.2) is 6.29 Å². The van der Waals surface area contributed by atoms with E-state index in [4.69, 9.17) is 14.2 Å². The van der Waals surface area contributed by atoms with Crippen molar-refractivity contribution in [2.75, 3.05) is 19.8 Å². The number of nitrogens with one attached hydrogen (secondary N) is 1. The molecular formula is C71H127NO10. The van der Waals surface area contributed by atoms with Gasteiger partial charge in [0, 0.05) is 12.8 Å². The lowest BCUT2D eigenvalue weighted by atomic mass is 9.99. The number of aliphatic hydroxyl groups excluding tert-OH is 5. The van der Waals surface area contributed by atoms with E-state index in [0.29, 0.717) is 19.4 Å². The Balaban J connectivity index is 1.92. The summed E-state index contributed by atoms with van der Waals surface area (Å²) in [5.41, 5.74) is 0.